The summed E-state index contributed by atoms with van der Waals surface area (Å²) >= 11 is 0. The number of benzene rings is 1. The molecule has 0 atom stereocenters. The van der Waals surface area contributed by atoms with E-state index in [1.807, 2.05) is 12.1 Å². The number of anilines is 1. The zero-order valence-corrected chi connectivity index (χ0v) is 7.41. The van der Waals surface area contributed by atoms with E-state index in [1.54, 1.807) is 18.2 Å². The number of nitrogens with zero attached hydrogens (tertiary/aromatic N) is 2. The summed E-state index contributed by atoms with van der Waals surface area (Å²) in [7, 11) is 0. The van der Waals surface area contributed by atoms with E-state index in [0.29, 0.717) is 16.8 Å². The molecule has 0 aliphatic heterocycles. The van der Waals surface area contributed by atoms with E-state index in [1.165, 1.54) is 0 Å². The van der Waals surface area contributed by atoms with E-state index in [4.69, 9.17) is 16.3 Å². The average molecular weight is 181 g/mol. The number of nitriles is 2. The second-order valence-corrected chi connectivity index (χ2v) is 2.55. The molecule has 1 aromatic rings. The van der Waals surface area contributed by atoms with Gasteiger partial charge in [-0.05, 0) is 18.2 Å². The summed E-state index contributed by atoms with van der Waals surface area (Å²) in [5.74, 6) is 5.38. The summed E-state index contributed by atoms with van der Waals surface area (Å²) in [6.07, 6.45) is 0.163. The topological polar surface area (TPSA) is 73.6 Å². The highest BCUT2D eigenvalue weighted by atomic mass is 14.5. The highest BCUT2D eigenvalue weighted by Gasteiger charge is 1.96. The standard InChI is InChI=1S/C11H7N3/c12-6-2-1-3-10-7-9(8-13)4-5-11(10)14/h4-5,7H,2,14H2. The molecule has 0 heterocycles. The largest absolute Gasteiger partial charge is 0.398 e. The third-order valence-corrected chi connectivity index (χ3v) is 1.57. The Balaban J connectivity index is 3.05. The maximum atomic E-state index is 8.63. The molecule has 0 radical (unpaired) electrons. The fraction of sp³-hybridized carbons (Fsp3) is 0.0909. The zero-order chi connectivity index (χ0) is 10.4. The van der Waals surface area contributed by atoms with Crippen LogP contribution in [0.2, 0.25) is 0 Å². The van der Waals surface area contributed by atoms with Crippen LogP contribution in [-0.2, 0) is 0 Å². The summed E-state index contributed by atoms with van der Waals surface area (Å²) in [6.45, 7) is 0. The molecule has 1 aromatic carbocycles. The minimum Gasteiger partial charge on any atom is -0.398 e. The highest BCUT2D eigenvalue weighted by Crippen LogP contribution is 2.12. The Morgan fingerprint density at radius 1 is 1.29 bits per heavy atom. The van der Waals surface area contributed by atoms with Crippen LogP contribution in [0.5, 0.6) is 0 Å². The Bertz CT molecular complexity index is 478. The second kappa shape index (κ2) is 4.55. The van der Waals surface area contributed by atoms with Crippen molar-refractivity contribution in [3.05, 3.63) is 29.3 Å². The Labute approximate surface area is 82.4 Å². The normalized spacial score (nSPS) is 7.86. The molecule has 0 amide bonds. The van der Waals surface area contributed by atoms with Crippen LogP contribution in [0.25, 0.3) is 0 Å². The van der Waals surface area contributed by atoms with Gasteiger partial charge in [-0.3, -0.25) is 0 Å². The molecular formula is C11H7N3. The summed E-state index contributed by atoms with van der Waals surface area (Å²) in [5.41, 5.74) is 7.27. The smallest absolute Gasteiger partial charge is 0.0992 e. The van der Waals surface area contributed by atoms with Crippen LogP contribution in [0.15, 0.2) is 18.2 Å². The Kier molecular flexibility index (Phi) is 3.14. The molecule has 3 heteroatoms. The molecule has 3 nitrogen and oxygen atoms in total. The van der Waals surface area contributed by atoms with E-state index in [2.05, 4.69) is 11.8 Å². The molecule has 0 spiro atoms. The summed E-state index contributed by atoms with van der Waals surface area (Å²) in [4.78, 5) is 0. The van der Waals surface area contributed by atoms with Crippen LogP contribution in [0, 0.1) is 34.5 Å². The van der Waals surface area contributed by atoms with Crippen molar-refractivity contribution in [2.45, 2.75) is 6.42 Å². The van der Waals surface area contributed by atoms with Gasteiger partial charge in [-0.2, -0.15) is 10.5 Å². The molecule has 0 aromatic heterocycles. The molecule has 0 bridgehead atoms. The van der Waals surface area contributed by atoms with Crippen LogP contribution >= 0.6 is 0 Å². The van der Waals surface area contributed by atoms with Crippen LogP contribution in [0.4, 0.5) is 5.69 Å². The lowest BCUT2D eigenvalue weighted by Gasteiger charge is -1.96. The van der Waals surface area contributed by atoms with Crippen molar-refractivity contribution >= 4 is 5.69 Å². The third-order valence-electron chi connectivity index (χ3n) is 1.57. The van der Waals surface area contributed by atoms with E-state index >= 15 is 0 Å². The molecule has 0 saturated heterocycles. The van der Waals surface area contributed by atoms with Gasteiger partial charge in [-0.15, -0.1) is 0 Å². The van der Waals surface area contributed by atoms with Crippen LogP contribution in [0.1, 0.15) is 17.5 Å². The van der Waals surface area contributed by atoms with Crippen LogP contribution < -0.4 is 5.73 Å². The number of rotatable bonds is 0. The zero-order valence-electron chi connectivity index (χ0n) is 7.41. The van der Waals surface area contributed by atoms with Gasteiger partial charge in [-0.1, -0.05) is 11.8 Å². The van der Waals surface area contributed by atoms with Gasteiger partial charge in [0, 0.05) is 11.3 Å². The van der Waals surface area contributed by atoms with Crippen molar-refractivity contribution in [2.24, 2.45) is 0 Å². The van der Waals surface area contributed by atoms with Crippen molar-refractivity contribution in [3.8, 4) is 24.0 Å². The fourth-order valence-electron chi connectivity index (χ4n) is 0.913. The number of nitrogen functional groups attached to an aromatic ring is 1. The van der Waals surface area contributed by atoms with E-state index in [-0.39, 0.29) is 6.42 Å². The van der Waals surface area contributed by atoms with E-state index in [0.717, 1.165) is 0 Å². The summed E-state index contributed by atoms with van der Waals surface area (Å²) in [6, 6.07) is 8.78. The van der Waals surface area contributed by atoms with Crippen LogP contribution in [0.3, 0.4) is 0 Å². The lowest BCUT2D eigenvalue weighted by molar-refractivity contribution is 1.39. The Hall–Kier alpha value is -2.44. The SMILES string of the molecule is N#CCC#Cc1cc(C#N)ccc1N. The molecule has 66 valence electrons. The van der Waals surface area contributed by atoms with Gasteiger partial charge in [0.05, 0.1) is 24.1 Å². The number of nitrogens with two attached hydrogens (primary N) is 1. The van der Waals surface area contributed by atoms with Gasteiger partial charge in [0.15, 0.2) is 0 Å². The summed E-state index contributed by atoms with van der Waals surface area (Å²) in [5, 5.41) is 16.9. The molecular weight excluding hydrogens is 174 g/mol. The van der Waals surface area contributed by atoms with E-state index < -0.39 is 0 Å². The van der Waals surface area contributed by atoms with Gasteiger partial charge < -0.3 is 5.73 Å². The molecule has 0 aliphatic carbocycles. The minimum atomic E-state index is 0.163. The minimum absolute atomic E-state index is 0.163. The van der Waals surface area contributed by atoms with Gasteiger partial charge in [0.2, 0.25) is 0 Å². The first-order valence-electron chi connectivity index (χ1n) is 3.93. The molecule has 0 unspecified atom stereocenters. The average Bonchev–Trinajstić information content (AvgIpc) is 2.21. The van der Waals surface area contributed by atoms with E-state index in [9.17, 15) is 0 Å². The summed E-state index contributed by atoms with van der Waals surface area (Å²) < 4.78 is 0. The molecule has 14 heavy (non-hydrogen) atoms. The van der Waals surface area contributed by atoms with Crippen molar-refractivity contribution in [3.63, 3.8) is 0 Å². The first-order valence-corrected chi connectivity index (χ1v) is 3.93. The third kappa shape index (κ3) is 2.27. The number of hydrogen-bond donors (Lipinski definition) is 1. The predicted molar refractivity (Wildman–Crippen MR) is 52.7 cm³/mol. The van der Waals surface area contributed by atoms with Gasteiger partial charge in [0.25, 0.3) is 0 Å². The van der Waals surface area contributed by atoms with Crippen molar-refractivity contribution in [1.29, 1.82) is 10.5 Å². The van der Waals surface area contributed by atoms with Crippen molar-refractivity contribution in [2.75, 3.05) is 5.73 Å². The fourth-order valence-corrected chi connectivity index (χ4v) is 0.913. The van der Waals surface area contributed by atoms with Crippen molar-refractivity contribution < 1.29 is 0 Å². The molecule has 1 rings (SSSR count). The Morgan fingerprint density at radius 3 is 2.71 bits per heavy atom. The first-order chi connectivity index (χ1) is 6.77. The first kappa shape index (κ1) is 9.65. The van der Waals surface area contributed by atoms with Gasteiger partial charge >= 0.3 is 0 Å². The number of hydrogen-bond acceptors (Lipinski definition) is 3. The highest BCUT2D eigenvalue weighted by molar-refractivity contribution is 5.58. The molecule has 0 saturated carbocycles. The quantitative estimate of drug-likeness (QED) is 0.485. The van der Waals surface area contributed by atoms with Gasteiger partial charge in [-0.25, -0.2) is 0 Å². The van der Waals surface area contributed by atoms with Crippen LogP contribution in [-0.4, -0.2) is 0 Å². The molecule has 0 aliphatic rings. The Morgan fingerprint density at radius 2 is 2.07 bits per heavy atom. The maximum absolute atomic E-state index is 8.63. The van der Waals surface area contributed by atoms with Gasteiger partial charge in [0.1, 0.15) is 0 Å². The predicted octanol–water partition coefficient (Wildman–Crippen LogP) is 1.41. The maximum Gasteiger partial charge on any atom is 0.0992 e. The van der Waals surface area contributed by atoms with Crippen molar-refractivity contribution in [1.82, 2.24) is 0 Å². The second-order valence-electron chi connectivity index (χ2n) is 2.55. The lowest BCUT2D eigenvalue weighted by atomic mass is 10.1. The monoisotopic (exact) mass is 181 g/mol. The molecule has 0 fully saturated rings. The lowest BCUT2D eigenvalue weighted by Crippen LogP contribution is -1.90. The molecule has 2 N–H and O–H groups in total.